The van der Waals surface area contributed by atoms with Crippen LogP contribution in [0.4, 0.5) is 0 Å². The van der Waals surface area contributed by atoms with Gasteiger partial charge in [0.2, 0.25) is 20.0 Å². The van der Waals surface area contributed by atoms with Crippen LogP contribution in [0.25, 0.3) is 0 Å². The summed E-state index contributed by atoms with van der Waals surface area (Å²) in [6.07, 6.45) is 5.39. The van der Waals surface area contributed by atoms with Crippen LogP contribution in [-0.2, 0) is 26.5 Å². The van der Waals surface area contributed by atoms with Crippen LogP contribution in [0.2, 0.25) is 5.02 Å². The fourth-order valence-electron chi connectivity index (χ4n) is 3.72. The van der Waals surface area contributed by atoms with Crippen molar-refractivity contribution >= 4 is 31.6 Å². The normalized spacial score (nSPS) is 15.6. The number of sulfonamides is 2. The SMILES string of the molecule is CCOc1ccc(Cl)cc1S(=O)(=O)NCCc1ccc(S(=O)(=O)NC2CCCCC2)cc1. The maximum absolute atomic E-state index is 12.7. The summed E-state index contributed by atoms with van der Waals surface area (Å²) in [5.41, 5.74) is 0.820. The van der Waals surface area contributed by atoms with Gasteiger partial charge in [-0.05, 0) is 62.1 Å². The molecule has 0 atom stereocenters. The average molecular weight is 501 g/mol. The molecule has 176 valence electrons. The van der Waals surface area contributed by atoms with E-state index in [4.69, 9.17) is 16.3 Å². The lowest BCUT2D eigenvalue weighted by molar-refractivity contribution is 0.331. The van der Waals surface area contributed by atoms with Crippen LogP contribution < -0.4 is 14.2 Å². The van der Waals surface area contributed by atoms with Crippen molar-refractivity contribution in [1.82, 2.24) is 9.44 Å². The van der Waals surface area contributed by atoms with Gasteiger partial charge in [0.1, 0.15) is 10.6 Å². The van der Waals surface area contributed by atoms with Crippen LogP contribution in [0.1, 0.15) is 44.6 Å². The summed E-state index contributed by atoms with van der Waals surface area (Å²) in [5, 5.41) is 0.299. The molecule has 0 spiro atoms. The Balaban J connectivity index is 1.60. The largest absolute Gasteiger partial charge is 0.492 e. The molecule has 7 nitrogen and oxygen atoms in total. The second-order valence-electron chi connectivity index (χ2n) is 7.77. The van der Waals surface area contributed by atoms with E-state index in [0.717, 1.165) is 37.7 Å². The molecule has 0 aliphatic heterocycles. The van der Waals surface area contributed by atoms with E-state index in [9.17, 15) is 16.8 Å². The molecule has 0 saturated heterocycles. The standard InChI is InChI=1S/C22H29ClN2O5S2/c1-2-30-21-13-10-18(23)16-22(21)32(28,29)24-15-14-17-8-11-20(12-9-17)31(26,27)25-19-6-4-3-5-7-19/h8-13,16,19,24-25H,2-7,14-15H2,1H3. The van der Waals surface area contributed by atoms with Crippen LogP contribution in [0.5, 0.6) is 5.75 Å². The molecular weight excluding hydrogens is 472 g/mol. The lowest BCUT2D eigenvalue weighted by atomic mass is 9.96. The Kier molecular flexibility index (Phi) is 8.57. The molecule has 0 amide bonds. The van der Waals surface area contributed by atoms with Gasteiger partial charge in [-0.25, -0.2) is 26.3 Å². The average Bonchev–Trinajstić information content (AvgIpc) is 2.76. The molecule has 0 unspecified atom stereocenters. The first kappa shape index (κ1) is 25.0. The highest BCUT2D eigenvalue weighted by atomic mass is 35.5. The van der Waals surface area contributed by atoms with Gasteiger partial charge in [0, 0.05) is 17.6 Å². The van der Waals surface area contributed by atoms with Crippen molar-refractivity contribution in [3.05, 3.63) is 53.1 Å². The monoisotopic (exact) mass is 500 g/mol. The second-order valence-corrected chi connectivity index (χ2v) is 11.7. The van der Waals surface area contributed by atoms with Crippen molar-refractivity contribution in [3.63, 3.8) is 0 Å². The number of halogens is 1. The molecule has 0 radical (unpaired) electrons. The first-order valence-electron chi connectivity index (χ1n) is 10.7. The zero-order chi connectivity index (χ0) is 23.2. The van der Waals surface area contributed by atoms with Gasteiger partial charge in [0.25, 0.3) is 0 Å². The molecule has 32 heavy (non-hydrogen) atoms. The summed E-state index contributed by atoms with van der Waals surface area (Å²) < 4.78 is 61.4. The van der Waals surface area contributed by atoms with E-state index in [0.29, 0.717) is 18.1 Å². The summed E-state index contributed by atoms with van der Waals surface area (Å²) in [4.78, 5) is 0.203. The molecular formula is C22H29ClN2O5S2. The maximum atomic E-state index is 12.7. The molecule has 10 heteroatoms. The molecule has 1 aliphatic rings. The van der Waals surface area contributed by atoms with Gasteiger partial charge in [0.15, 0.2) is 0 Å². The van der Waals surface area contributed by atoms with E-state index < -0.39 is 20.0 Å². The molecule has 1 aliphatic carbocycles. The van der Waals surface area contributed by atoms with Crippen molar-refractivity contribution in [2.75, 3.05) is 13.2 Å². The Bertz CT molecular complexity index is 1110. The molecule has 2 N–H and O–H groups in total. The van der Waals surface area contributed by atoms with Crippen molar-refractivity contribution in [2.45, 2.75) is 61.3 Å². The lowest BCUT2D eigenvalue weighted by Gasteiger charge is -2.22. The number of hydrogen-bond donors (Lipinski definition) is 2. The molecule has 2 aromatic carbocycles. The third-order valence-corrected chi connectivity index (χ3v) is 8.62. The highest BCUT2D eigenvalue weighted by molar-refractivity contribution is 7.89. The summed E-state index contributed by atoms with van der Waals surface area (Å²) in [6, 6.07) is 11.0. The van der Waals surface area contributed by atoms with Crippen LogP contribution >= 0.6 is 11.6 Å². The predicted molar refractivity (Wildman–Crippen MR) is 125 cm³/mol. The summed E-state index contributed by atoms with van der Waals surface area (Å²) in [7, 11) is -7.38. The van der Waals surface area contributed by atoms with E-state index in [2.05, 4.69) is 9.44 Å². The van der Waals surface area contributed by atoms with Gasteiger partial charge < -0.3 is 4.74 Å². The Morgan fingerprint density at radius 1 is 0.969 bits per heavy atom. The molecule has 1 fully saturated rings. The van der Waals surface area contributed by atoms with Gasteiger partial charge in [-0.3, -0.25) is 0 Å². The van der Waals surface area contributed by atoms with E-state index in [1.54, 1.807) is 37.3 Å². The molecule has 0 heterocycles. The van der Waals surface area contributed by atoms with Crippen molar-refractivity contribution in [2.24, 2.45) is 0 Å². The van der Waals surface area contributed by atoms with Crippen LogP contribution in [0.15, 0.2) is 52.3 Å². The first-order chi connectivity index (χ1) is 15.2. The Hall–Kier alpha value is -1.65. The zero-order valence-corrected chi connectivity index (χ0v) is 20.4. The van der Waals surface area contributed by atoms with E-state index in [-0.39, 0.29) is 28.1 Å². The zero-order valence-electron chi connectivity index (χ0n) is 18.0. The minimum Gasteiger partial charge on any atom is -0.492 e. The molecule has 2 aromatic rings. The Morgan fingerprint density at radius 3 is 2.31 bits per heavy atom. The summed E-state index contributed by atoms with van der Waals surface area (Å²) in [6.45, 7) is 2.24. The number of hydrogen-bond acceptors (Lipinski definition) is 5. The molecule has 3 rings (SSSR count). The number of nitrogens with one attached hydrogen (secondary N) is 2. The fourth-order valence-corrected chi connectivity index (χ4v) is 6.46. The van der Waals surface area contributed by atoms with E-state index >= 15 is 0 Å². The van der Waals surface area contributed by atoms with E-state index in [1.807, 2.05) is 0 Å². The summed E-state index contributed by atoms with van der Waals surface area (Å²) >= 11 is 5.96. The smallest absolute Gasteiger partial charge is 0.244 e. The van der Waals surface area contributed by atoms with Crippen LogP contribution in [0, 0.1) is 0 Å². The molecule has 0 aromatic heterocycles. The Morgan fingerprint density at radius 2 is 1.66 bits per heavy atom. The highest BCUT2D eigenvalue weighted by Gasteiger charge is 2.22. The van der Waals surface area contributed by atoms with Gasteiger partial charge >= 0.3 is 0 Å². The Labute approximate surface area is 195 Å². The minimum atomic E-state index is -3.82. The van der Waals surface area contributed by atoms with Crippen LogP contribution in [0.3, 0.4) is 0 Å². The summed E-state index contributed by atoms with van der Waals surface area (Å²) in [5.74, 6) is 0.240. The van der Waals surface area contributed by atoms with Gasteiger partial charge in [-0.1, -0.05) is 43.0 Å². The van der Waals surface area contributed by atoms with Gasteiger partial charge in [-0.2, -0.15) is 0 Å². The maximum Gasteiger partial charge on any atom is 0.244 e. The predicted octanol–water partition coefficient (Wildman–Crippen LogP) is 3.87. The topological polar surface area (TPSA) is 102 Å². The number of rotatable bonds is 10. The number of benzene rings is 2. The third kappa shape index (κ3) is 6.68. The van der Waals surface area contributed by atoms with Crippen molar-refractivity contribution < 1.29 is 21.6 Å². The van der Waals surface area contributed by atoms with Gasteiger partial charge in [-0.15, -0.1) is 0 Å². The number of ether oxygens (including phenoxy) is 1. The van der Waals surface area contributed by atoms with Crippen LogP contribution in [-0.4, -0.2) is 36.0 Å². The quantitative estimate of drug-likeness (QED) is 0.515. The lowest BCUT2D eigenvalue weighted by Crippen LogP contribution is -2.36. The first-order valence-corrected chi connectivity index (χ1v) is 14.1. The second kappa shape index (κ2) is 11.0. The van der Waals surface area contributed by atoms with Crippen molar-refractivity contribution in [1.29, 1.82) is 0 Å². The molecule has 1 saturated carbocycles. The van der Waals surface area contributed by atoms with Crippen molar-refractivity contribution in [3.8, 4) is 5.75 Å². The van der Waals surface area contributed by atoms with Gasteiger partial charge in [0.05, 0.1) is 11.5 Å². The van der Waals surface area contributed by atoms with E-state index in [1.165, 1.54) is 12.1 Å². The minimum absolute atomic E-state index is 0.00379. The fraction of sp³-hybridized carbons (Fsp3) is 0.455. The third-order valence-electron chi connectivity index (χ3n) is 5.36. The molecule has 0 bridgehead atoms. The highest BCUT2D eigenvalue weighted by Crippen LogP contribution is 2.27.